The maximum atomic E-state index is 13.6. The highest BCUT2D eigenvalue weighted by Gasteiger charge is 2.48. The first-order chi connectivity index (χ1) is 21.2. The normalized spacial score (nSPS) is 29.8. The zero-order valence-corrected chi connectivity index (χ0v) is 27.4. The molecular formula is C21H27N9O10P2S3. The summed E-state index contributed by atoms with van der Waals surface area (Å²) in [6.45, 7) is -7.31. The second kappa shape index (κ2) is 12.4. The minimum absolute atomic E-state index is 0.0286. The molecule has 6 rings (SSSR count). The van der Waals surface area contributed by atoms with Crippen molar-refractivity contribution in [2.24, 2.45) is 5.92 Å². The summed E-state index contributed by atoms with van der Waals surface area (Å²) in [7, 11) is 0. The van der Waals surface area contributed by atoms with Gasteiger partial charge in [0.1, 0.15) is 40.9 Å². The van der Waals surface area contributed by atoms with Crippen LogP contribution in [0.2, 0.25) is 0 Å². The van der Waals surface area contributed by atoms with Crippen LogP contribution in [0.25, 0.3) is 21.5 Å². The summed E-state index contributed by atoms with van der Waals surface area (Å²) >= 11 is 8.52. The van der Waals surface area contributed by atoms with E-state index in [-0.39, 0.29) is 48.1 Å². The highest BCUT2D eigenvalue weighted by molar-refractivity contribution is 8.44. The molecule has 2 aliphatic rings. The number of thiol groups is 2. The van der Waals surface area contributed by atoms with Gasteiger partial charge in [-0.3, -0.25) is 27.5 Å². The van der Waals surface area contributed by atoms with E-state index in [9.17, 15) is 23.9 Å². The fourth-order valence-corrected chi connectivity index (χ4v) is 8.12. The molecule has 0 bridgehead atoms. The molecule has 0 aliphatic carbocycles. The van der Waals surface area contributed by atoms with E-state index in [0.717, 1.165) is 11.3 Å². The largest absolute Gasteiger partial charge is 0.388 e. The number of nitrogens with two attached hydrogens (primary N) is 2. The second-order valence-corrected chi connectivity index (χ2v) is 16.8. The average molecular weight is 724 g/mol. The third kappa shape index (κ3) is 6.65. The SMILES string of the molecule is CC1C(COP(=O)(O)S)O[C@@H](n2cnc3c(N)ncnc32)C1OP(=O)(S)OC[C@@H]1CC(O)[C@H](n2c(=O)sc3c(N)ncnc32)O1. The summed E-state index contributed by atoms with van der Waals surface area (Å²) in [6.07, 6.45) is -2.09. The molecule has 2 fully saturated rings. The van der Waals surface area contributed by atoms with Crippen molar-refractivity contribution >= 4 is 82.6 Å². The molecule has 0 saturated carbocycles. The number of nitrogen functional groups attached to an aromatic ring is 2. The Labute approximate surface area is 267 Å². The van der Waals surface area contributed by atoms with Crippen molar-refractivity contribution < 1.29 is 42.2 Å². The van der Waals surface area contributed by atoms with Crippen molar-refractivity contribution in [2.45, 2.75) is 50.2 Å². The number of imidazole rings is 1. The predicted molar refractivity (Wildman–Crippen MR) is 166 cm³/mol. The third-order valence-electron chi connectivity index (χ3n) is 7.29. The number of hydrogen-bond acceptors (Lipinski definition) is 17. The van der Waals surface area contributed by atoms with Gasteiger partial charge in [-0.15, -0.1) is 0 Å². The Morgan fingerprint density at radius 3 is 2.49 bits per heavy atom. The Balaban J connectivity index is 1.18. The summed E-state index contributed by atoms with van der Waals surface area (Å²) < 4.78 is 56.7. The molecular weight excluding hydrogens is 696 g/mol. The van der Waals surface area contributed by atoms with E-state index in [0.29, 0.717) is 4.70 Å². The van der Waals surface area contributed by atoms with Gasteiger partial charge in [0.25, 0.3) is 0 Å². The molecule has 0 radical (unpaired) electrons. The first-order valence-corrected chi connectivity index (χ1v) is 19.4. The van der Waals surface area contributed by atoms with Gasteiger partial charge in [0, 0.05) is 12.3 Å². The van der Waals surface area contributed by atoms with Crippen molar-refractivity contribution in [1.82, 2.24) is 34.1 Å². The monoisotopic (exact) mass is 723 g/mol. The number of ether oxygens (including phenoxy) is 2. The summed E-state index contributed by atoms with van der Waals surface area (Å²) in [6, 6.07) is 0. The van der Waals surface area contributed by atoms with E-state index in [1.165, 1.54) is 28.1 Å². The van der Waals surface area contributed by atoms with Gasteiger partial charge >= 0.3 is 18.5 Å². The Kier molecular flexibility index (Phi) is 9.05. The molecule has 4 aromatic heterocycles. The van der Waals surface area contributed by atoms with Crippen LogP contribution in [0.1, 0.15) is 25.8 Å². The van der Waals surface area contributed by atoms with Gasteiger partial charge in [0.05, 0.1) is 31.7 Å². The summed E-state index contributed by atoms with van der Waals surface area (Å²) in [5.41, 5.74) is 12.6. The van der Waals surface area contributed by atoms with E-state index < -0.39 is 61.3 Å². The molecule has 19 nitrogen and oxygen atoms in total. The van der Waals surface area contributed by atoms with E-state index in [4.69, 9.17) is 34.5 Å². The Bertz CT molecular complexity index is 1890. The van der Waals surface area contributed by atoms with Gasteiger partial charge in [-0.1, -0.05) is 42.8 Å². The first kappa shape index (κ1) is 32.7. The van der Waals surface area contributed by atoms with Crippen LogP contribution in [0, 0.1) is 5.92 Å². The Hall–Kier alpha value is -2.20. The van der Waals surface area contributed by atoms with Crippen molar-refractivity contribution in [3.8, 4) is 0 Å². The number of aliphatic hydroxyl groups is 1. The summed E-state index contributed by atoms with van der Waals surface area (Å²) in [5.74, 6) is -0.362. The van der Waals surface area contributed by atoms with Crippen LogP contribution in [-0.2, 0) is 32.2 Å². The maximum Gasteiger partial charge on any atom is 0.386 e. The van der Waals surface area contributed by atoms with Gasteiger partial charge in [0.15, 0.2) is 29.6 Å². The van der Waals surface area contributed by atoms with Crippen LogP contribution in [-0.4, -0.2) is 81.7 Å². The minimum Gasteiger partial charge on any atom is -0.388 e. The fourth-order valence-electron chi connectivity index (χ4n) is 5.17. The third-order valence-corrected chi connectivity index (χ3v) is 10.7. The molecule has 9 atom stereocenters. The smallest absolute Gasteiger partial charge is 0.386 e. The molecule has 0 aromatic carbocycles. The lowest BCUT2D eigenvalue weighted by molar-refractivity contribution is -0.0526. The number of hydrogen-bond donors (Lipinski definition) is 6. The number of nitrogens with zero attached hydrogens (tertiary/aromatic N) is 7. The molecule has 0 spiro atoms. The highest BCUT2D eigenvalue weighted by atomic mass is 32.7. The molecule has 6 N–H and O–H groups in total. The van der Waals surface area contributed by atoms with Crippen molar-refractivity contribution in [2.75, 3.05) is 24.7 Å². The van der Waals surface area contributed by atoms with E-state index in [2.05, 4.69) is 49.4 Å². The van der Waals surface area contributed by atoms with Crippen LogP contribution in [0.5, 0.6) is 0 Å². The lowest BCUT2D eigenvalue weighted by Gasteiger charge is -2.26. The standard InChI is InChI=1S/C21H27N9O10P2S3/c1-8-11(4-36-41(33,34)43)39-20(29-7-28-12-15(22)24-5-26-17(12)29)13(8)40-42(35,44)37-3-9-2-10(31)19(38-9)30-18-14(45-21(30)32)16(23)25-6-27-18/h5-11,13,19-20,31H,2-4H2,1H3,(H,35,44)(H2,22,24,26)(H2,23,25,27)(H2,33,34,43)/t8?,9-,10?,11?,13?,19+,20+,42?/m0/s1. The lowest BCUT2D eigenvalue weighted by atomic mass is 10.0. The van der Waals surface area contributed by atoms with Gasteiger partial charge in [-0.2, -0.15) is 0 Å². The zero-order valence-electron chi connectivity index (χ0n) is 23.0. The molecule has 6 heterocycles. The van der Waals surface area contributed by atoms with E-state index in [1.807, 2.05) is 0 Å². The molecule has 6 unspecified atom stereocenters. The number of anilines is 2. The highest BCUT2D eigenvalue weighted by Crippen LogP contribution is 2.58. The summed E-state index contributed by atoms with van der Waals surface area (Å²) in [5, 5.41) is 10.7. The zero-order chi connectivity index (χ0) is 32.3. The fraction of sp³-hybridized carbons (Fsp3) is 0.524. The number of aliphatic hydroxyl groups excluding tert-OH is 1. The molecule has 0 amide bonds. The molecule has 45 heavy (non-hydrogen) atoms. The van der Waals surface area contributed by atoms with Gasteiger partial charge in [-0.25, -0.2) is 34.0 Å². The van der Waals surface area contributed by atoms with Crippen LogP contribution >= 0.6 is 49.4 Å². The van der Waals surface area contributed by atoms with Crippen molar-refractivity contribution in [3.63, 3.8) is 0 Å². The molecule has 4 aromatic rings. The topological polar surface area (TPSA) is 264 Å². The minimum atomic E-state index is -4.18. The van der Waals surface area contributed by atoms with E-state index in [1.54, 1.807) is 6.92 Å². The Morgan fingerprint density at radius 1 is 1.04 bits per heavy atom. The first-order valence-electron chi connectivity index (χ1n) is 13.1. The van der Waals surface area contributed by atoms with E-state index >= 15 is 0 Å². The van der Waals surface area contributed by atoms with Crippen LogP contribution < -0.4 is 16.3 Å². The average Bonchev–Trinajstić information content (AvgIpc) is 3.71. The van der Waals surface area contributed by atoms with Crippen molar-refractivity contribution in [3.05, 3.63) is 28.6 Å². The molecule has 2 aliphatic heterocycles. The maximum absolute atomic E-state index is 13.6. The summed E-state index contributed by atoms with van der Waals surface area (Å²) in [4.78, 5) is 42.1. The predicted octanol–water partition coefficient (Wildman–Crippen LogP) is 1.53. The second-order valence-electron chi connectivity index (χ2n) is 10.2. The van der Waals surface area contributed by atoms with Gasteiger partial charge in [-0.05, 0) is 0 Å². The number of aromatic nitrogens is 7. The van der Waals surface area contributed by atoms with Gasteiger partial charge in [0.2, 0.25) is 0 Å². The quantitative estimate of drug-likeness (QED) is 0.100. The van der Waals surface area contributed by atoms with Crippen molar-refractivity contribution in [1.29, 1.82) is 0 Å². The lowest BCUT2D eigenvalue weighted by Crippen LogP contribution is -2.28. The molecule has 2 saturated heterocycles. The molecule has 24 heteroatoms. The van der Waals surface area contributed by atoms with Gasteiger partial charge < -0.3 is 30.9 Å². The van der Waals surface area contributed by atoms with Crippen LogP contribution in [0.3, 0.4) is 0 Å². The number of fused-ring (bicyclic) bond motifs is 2. The van der Waals surface area contributed by atoms with Crippen LogP contribution in [0.15, 0.2) is 23.8 Å². The number of rotatable bonds is 10. The molecule has 244 valence electrons. The number of thiazole rings is 1. The van der Waals surface area contributed by atoms with Crippen LogP contribution in [0.4, 0.5) is 11.6 Å². The Morgan fingerprint density at radius 2 is 1.76 bits per heavy atom.